The highest BCUT2D eigenvalue weighted by Gasteiger charge is 2.29. The first-order valence-electron chi connectivity index (χ1n) is 5.85. The topological polar surface area (TPSA) is 38.0 Å². The largest absolute Gasteiger partial charge is 0.380 e. The third kappa shape index (κ3) is 2.28. The number of rotatable bonds is 4. The maximum atomic E-state index is 10.7. The Hall–Kier alpha value is -1.13. The lowest BCUT2D eigenvalue weighted by atomic mass is 9.95. The molecule has 1 N–H and O–H groups in total. The van der Waals surface area contributed by atoms with E-state index in [4.69, 9.17) is 0 Å². The van der Waals surface area contributed by atoms with Gasteiger partial charge in [-0.25, -0.2) is 0 Å². The minimum atomic E-state index is -0.940. The van der Waals surface area contributed by atoms with E-state index in [1.165, 1.54) is 0 Å². The fourth-order valence-electron chi connectivity index (χ4n) is 1.97. The molecule has 0 amide bonds. The Morgan fingerprint density at radius 1 is 1.53 bits per heavy atom. The van der Waals surface area contributed by atoms with Crippen LogP contribution in [0.2, 0.25) is 0 Å². The molecule has 2 heterocycles. The third-order valence-electron chi connectivity index (χ3n) is 2.95. The molecular weight excluding hydrogens is 232 g/mol. The Bertz CT molecular complexity index is 499. The molecule has 0 bridgehead atoms. The zero-order valence-corrected chi connectivity index (χ0v) is 11.3. The van der Waals surface area contributed by atoms with Gasteiger partial charge in [0.1, 0.15) is 5.60 Å². The first-order chi connectivity index (χ1) is 8.05. The molecule has 0 fully saturated rings. The van der Waals surface area contributed by atoms with Crippen LogP contribution in [0.4, 0.5) is 0 Å². The number of aryl methyl sites for hydroxylation is 2. The van der Waals surface area contributed by atoms with Crippen LogP contribution >= 0.6 is 11.3 Å². The monoisotopic (exact) mass is 250 g/mol. The normalized spacial score (nSPS) is 14.8. The van der Waals surface area contributed by atoms with Gasteiger partial charge in [-0.3, -0.25) is 4.68 Å². The molecule has 4 heteroatoms. The van der Waals surface area contributed by atoms with Crippen LogP contribution in [0.5, 0.6) is 0 Å². The molecule has 0 radical (unpaired) electrons. The summed E-state index contributed by atoms with van der Waals surface area (Å²) in [6, 6.07) is 2.03. The average Bonchev–Trinajstić information content (AvgIpc) is 2.87. The predicted molar refractivity (Wildman–Crippen MR) is 70.2 cm³/mol. The fraction of sp³-hybridized carbons (Fsp3) is 0.462. The SMILES string of the molecule is CCCn1cc(C(C)(O)c2sccc2C)cn1. The molecule has 0 aromatic carbocycles. The minimum absolute atomic E-state index is 0.858. The first-order valence-corrected chi connectivity index (χ1v) is 6.73. The summed E-state index contributed by atoms with van der Waals surface area (Å²) in [6.45, 7) is 6.86. The molecule has 1 unspecified atom stereocenters. The van der Waals surface area contributed by atoms with Crippen molar-refractivity contribution in [2.45, 2.75) is 39.3 Å². The van der Waals surface area contributed by atoms with Gasteiger partial charge in [-0.05, 0) is 37.3 Å². The molecule has 0 spiro atoms. The lowest BCUT2D eigenvalue weighted by molar-refractivity contribution is 0.105. The highest BCUT2D eigenvalue weighted by Crippen LogP contribution is 2.34. The minimum Gasteiger partial charge on any atom is -0.380 e. The number of thiophene rings is 1. The molecule has 2 aromatic heterocycles. The van der Waals surface area contributed by atoms with Crippen molar-refractivity contribution in [1.82, 2.24) is 9.78 Å². The molecule has 17 heavy (non-hydrogen) atoms. The van der Waals surface area contributed by atoms with Gasteiger partial charge in [0.15, 0.2) is 0 Å². The molecule has 0 aliphatic heterocycles. The zero-order valence-electron chi connectivity index (χ0n) is 10.5. The van der Waals surface area contributed by atoms with E-state index in [0.29, 0.717) is 0 Å². The van der Waals surface area contributed by atoms with Crippen molar-refractivity contribution >= 4 is 11.3 Å². The Labute approximate surface area is 106 Å². The van der Waals surface area contributed by atoms with Gasteiger partial charge < -0.3 is 5.11 Å². The molecule has 3 nitrogen and oxygen atoms in total. The standard InChI is InChI=1S/C13H18N2OS/c1-4-6-15-9-11(8-14-15)13(3,16)12-10(2)5-7-17-12/h5,7-9,16H,4,6H2,1-3H3. The number of hydrogen-bond donors (Lipinski definition) is 1. The summed E-state index contributed by atoms with van der Waals surface area (Å²) in [5, 5.41) is 16.9. The fourth-order valence-corrected chi connectivity index (χ4v) is 2.98. The summed E-state index contributed by atoms with van der Waals surface area (Å²) in [5.41, 5.74) is 1.05. The Morgan fingerprint density at radius 3 is 2.88 bits per heavy atom. The second-order valence-electron chi connectivity index (χ2n) is 4.50. The Kier molecular flexibility index (Phi) is 3.35. The van der Waals surface area contributed by atoms with Gasteiger partial charge in [-0.2, -0.15) is 5.10 Å². The summed E-state index contributed by atoms with van der Waals surface area (Å²) in [4.78, 5) is 0.994. The third-order valence-corrected chi connectivity index (χ3v) is 4.18. The maximum Gasteiger partial charge on any atom is 0.124 e. The van der Waals surface area contributed by atoms with Crippen LogP contribution in [0.25, 0.3) is 0 Å². The van der Waals surface area contributed by atoms with Crippen molar-refractivity contribution in [3.8, 4) is 0 Å². The smallest absolute Gasteiger partial charge is 0.124 e. The van der Waals surface area contributed by atoms with Crippen LogP contribution in [0, 0.1) is 6.92 Å². The van der Waals surface area contributed by atoms with Crippen LogP contribution in [0.1, 0.15) is 36.3 Å². The van der Waals surface area contributed by atoms with E-state index in [1.54, 1.807) is 17.5 Å². The van der Waals surface area contributed by atoms with Crippen molar-refractivity contribution in [2.24, 2.45) is 0 Å². The highest BCUT2D eigenvalue weighted by atomic mass is 32.1. The van der Waals surface area contributed by atoms with Crippen molar-refractivity contribution in [2.75, 3.05) is 0 Å². The van der Waals surface area contributed by atoms with E-state index in [1.807, 2.05) is 36.2 Å². The summed E-state index contributed by atoms with van der Waals surface area (Å²) in [6.07, 6.45) is 4.73. The summed E-state index contributed by atoms with van der Waals surface area (Å²) >= 11 is 1.59. The second kappa shape index (κ2) is 4.63. The number of aliphatic hydroxyl groups is 1. The van der Waals surface area contributed by atoms with Gasteiger partial charge in [0.05, 0.1) is 6.20 Å². The van der Waals surface area contributed by atoms with Crippen molar-refractivity contribution in [3.05, 3.63) is 39.8 Å². The van der Waals surface area contributed by atoms with Crippen LogP contribution in [0.3, 0.4) is 0 Å². The van der Waals surface area contributed by atoms with Crippen molar-refractivity contribution < 1.29 is 5.11 Å². The summed E-state index contributed by atoms with van der Waals surface area (Å²) in [5.74, 6) is 0. The van der Waals surface area contributed by atoms with Crippen LogP contribution in [-0.2, 0) is 12.1 Å². The number of hydrogen-bond acceptors (Lipinski definition) is 3. The lowest BCUT2D eigenvalue weighted by Gasteiger charge is -2.21. The van der Waals surface area contributed by atoms with E-state index < -0.39 is 5.60 Å². The van der Waals surface area contributed by atoms with Crippen LogP contribution in [-0.4, -0.2) is 14.9 Å². The van der Waals surface area contributed by atoms with Gasteiger partial charge in [0.2, 0.25) is 0 Å². The van der Waals surface area contributed by atoms with Gasteiger partial charge in [-0.15, -0.1) is 11.3 Å². The van der Waals surface area contributed by atoms with Crippen LogP contribution in [0.15, 0.2) is 23.8 Å². The molecule has 0 saturated carbocycles. The predicted octanol–water partition coefficient (Wildman–Crippen LogP) is 2.92. The molecule has 1 atom stereocenters. The van der Waals surface area contributed by atoms with Gasteiger partial charge in [-0.1, -0.05) is 6.92 Å². The number of nitrogens with zero attached hydrogens (tertiary/aromatic N) is 2. The van der Waals surface area contributed by atoms with Gasteiger partial charge >= 0.3 is 0 Å². The van der Waals surface area contributed by atoms with Crippen molar-refractivity contribution in [1.29, 1.82) is 0 Å². The summed E-state index contributed by atoms with van der Waals surface area (Å²) < 4.78 is 1.88. The molecule has 0 aliphatic carbocycles. The molecule has 0 saturated heterocycles. The molecule has 2 rings (SSSR count). The Morgan fingerprint density at radius 2 is 2.29 bits per heavy atom. The number of aromatic nitrogens is 2. The molecule has 2 aromatic rings. The summed E-state index contributed by atoms with van der Waals surface area (Å²) in [7, 11) is 0. The van der Waals surface area contributed by atoms with Gasteiger partial charge in [0, 0.05) is 23.2 Å². The lowest BCUT2D eigenvalue weighted by Crippen LogP contribution is -2.21. The van der Waals surface area contributed by atoms with Crippen molar-refractivity contribution in [3.63, 3.8) is 0 Å². The Balaban J connectivity index is 2.34. The van der Waals surface area contributed by atoms with E-state index in [-0.39, 0.29) is 0 Å². The highest BCUT2D eigenvalue weighted by molar-refractivity contribution is 7.10. The van der Waals surface area contributed by atoms with E-state index in [2.05, 4.69) is 12.0 Å². The molecule has 0 aliphatic rings. The molecule has 92 valence electrons. The molecular formula is C13H18N2OS. The quantitative estimate of drug-likeness (QED) is 0.906. The van der Waals surface area contributed by atoms with Gasteiger partial charge in [0.25, 0.3) is 0 Å². The average molecular weight is 250 g/mol. The maximum absolute atomic E-state index is 10.7. The zero-order chi connectivity index (χ0) is 12.5. The van der Waals surface area contributed by atoms with E-state index in [9.17, 15) is 5.11 Å². The second-order valence-corrected chi connectivity index (χ2v) is 5.41. The first kappa shape index (κ1) is 12.3. The van der Waals surface area contributed by atoms with E-state index in [0.717, 1.165) is 29.0 Å². The van der Waals surface area contributed by atoms with Crippen LogP contribution < -0.4 is 0 Å². The van der Waals surface area contributed by atoms with E-state index >= 15 is 0 Å².